The molecule has 12 heteroatoms. The number of esters is 2. The van der Waals surface area contributed by atoms with Crippen molar-refractivity contribution in [2.75, 3.05) is 13.2 Å². The number of rotatable bonds is 17. The average molecular weight is 749 g/mol. The number of carbonyl (C=O) groups excluding carboxylic acids is 4. The molecular weight excluding hydrogens is 705 g/mol. The molecule has 0 saturated heterocycles. The van der Waals surface area contributed by atoms with E-state index in [0.717, 1.165) is 38.9 Å². The predicted molar refractivity (Wildman–Crippen MR) is 209 cm³/mol. The predicted octanol–water partition coefficient (Wildman–Crippen LogP) is 6.81. The number of aromatic amines is 1. The number of H-pyrrole nitrogens is 1. The normalized spacial score (nSPS) is 12.8. The highest BCUT2D eigenvalue weighted by molar-refractivity contribution is 7.09. The fraction of sp³-hybridized carbons (Fsp3) is 0.262. The van der Waals surface area contributed by atoms with Crippen LogP contribution in [-0.2, 0) is 48.1 Å². The van der Waals surface area contributed by atoms with Gasteiger partial charge in [-0.25, -0.2) is 14.6 Å². The smallest absolute Gasteiger partial charge is 0.344 e. The van der Waals surface area contributed by atoms with Gasteiger partial charge in [-0.2, -0.15) is 0 Å². The van der Waals surface area contributed by atoms with E-state index >= 15 is 0 Å². The first-order valence-electron chi connectivity index (χ1n) is 17.6. The molecule has 5 aromatic rings. The topological polar surface area (TPSA) is 149 Å². The molecule has 5 rings (SSSR count). The number of aromatic nitrogens is 2. The van der Waals surface area contributed by atoms with Gasteiger partial charge in [0.05, 0.1) is 18.3 Å². The highest BCUT2D eigenvalue weighted by Crippen LogP contribution is 2.26. The molecule has 0 unspecified atom stereocenters. The summed E-state index contributed by atoms with van der Waals surface area (Å²) in [5.74, 6) is -1.18. The van der Waals surface area contributed by atoms with Crippen LogP contribution >= 0.6 is 11.3 Å². The van der Waals surface area contributed by atoms with Gasteiger partial charge in [-0.05, 0) is 79.8 Å². The Morgan fingerprint density at radius 2 is 1.61 bits per heavy atom. The van der Waals surface area contributed by atoms with Crippen molar-refractivity contribution in [3.63, 3.8) is 0 Å². The van der Waals surface area contributed by atoms with Crippen molar-refractivity contribution in [3.05, 3.63) is 135 Å². The molecule has 2 heterocycles. The van der Waals surface area contributed by atoms with E-state index in [1.165, 1.54) is 18.3 Å². The fourth-order valence-electron chi connectivity index (χ4n) is 5.79. The Kier molecular flexibility index (Phi) is 13.9. The third kappa shape index (κ3) is 11.5. The molecule has 0 saturated carbocycles. The number of ether oxygens (including phenoxy) is 3. The first-order chi connectivity index (χ1) is 26.1. The lowest BCUT2D eigenvalue weighted by Gasteiger charge is -2.22. The Balaban J connectivity index is 1.35. The zero-order chi connectivity index (χ0) is 38.5. The number of hydrogen-bond donors (Lipinski definition) is 3. The summed E-state index contributed by atoms with van der Waals surface area (Å²) in [6.07, 6.45) is 6.04. The molecule has 0 spiro atoms. The van der Waals surface area contributed by atoms with Crippen LogP contribution in [0, 0.1) is 0 Å². The van der Waals surface area contributed by atoms with E-state index in [-0.39, 0.29) is 24.8 Å². The van der Waals surface area contributed by atoms with Crippen molar-refractivity contribution < 1.29 is 33.4 Å². The van der Waals surface area contributed by atoms with Crippen LogP contribution in [0.15, 0.2) is 108 Å². The maximum Gasteiger partial charge on any atom is 0.344 e. The average Bonchev–Trinajstić information content (AvgIpc) is 3.80. The summed E-state index contributed by atoms with van der Waals surface area (Å²) in [5, 5.41) is 9.53. The number of para-hydroxylation sites is 1. The SMILES string of the molecule is CCOC(=O)COC(=O)/C(C)=C\C(C)=C\c1csc([C@H](Cc2ccc(OCc3ccccc3)cc2)NC(=O)[C@H](Cc2c[nH]c3ccccc23)NC(C)=O)n1. The molecular formula is C42H44N4O7S. The maximum absolute atomic E-state index is 14.0. The Morgan fingerprint density at radius 3 is 2.35 bits per heavy atom. The lowest BCUT2D eigenvalue weighted by atomic mass is 10.0. The van der Waals surface area contributed by atoms with E-state index in [2.05, 4.69) is 15.6 Å². The van der Waals surface area contributed by atoms with Crippen LogP contribution < -0.4 is 15.4 Å². The number of nitrogens with zero attached hydrogens (tertiary/aromatic N) is 1. The van der Waals surface area contributed by atoms with Crippen LogP contribution in [-0.4, -0.2) is 53.0 Å². The molecule has 280 valence electrons. The van der Waals surface area contributed by atoms with E-state index in [0.29, 0.717) is 29.3 Å². The minimum atomic E-state index is -0.837. The molecule has 2 atom stereocenters. The summed E-state index contributed by atoms with van der Waals surface area (Å²) >= 11 is 1.39. The number of hydrogen-bond acceptors (Lipinski definition) is 9. The third-order valence-electron chi connectivity index (χ3n) is 8.33. The zero-order valence-corrected chi connectivity index (χ0v) is 31.5. The van der Waals surface area contributed by atoms with Crippen LogP contribution in [0.3, 0.4) is 0 Å². The Morgan fingerprint density at radius 1 is 0.870 bits per heavy atom. The van der Waals surface area contributed by atoms with Crippen molar-refractivity contribution in [1.29, 1.82) is 0 Å². The van der Waals surface area contributed by atoms with Crippen LogP contribution in [0.1, 0.15) is 61.1 Å². The molecule has 3 N–H and O–H groups in total. The van der Waals surface area contributed by atoms with E-state index in [9.17, 15) is 19.2 Å². The summed E-state index contributed by atoms with van der Waals surface area (Å²) in [5.41, 5.74) is 5.54. The van der Waals surface area contributed by atoms with Gasteiger partial charge in [0.25, 0.3) is 0 Å². The highest BCUT2D eigenvalue weighted by Gasteiger charge is 2.26. The number of allylic oxidation sites excluding steroid dienone is 2. The second-order valence-electron chi connectivity index (χ2n) is 12.7. The monoisotopic (exact) mass is 748 g/mol. The first-order valence-corrected chi connectivity index (χ1v) is 18.5. The standard InChI is InChI=1S/C42H44N4O7S/c1-5-51-39(48)25-53-42(50)28(3)19-27(2)20-33-26-54-41(45-33)38(21-30-15-17-34(18-16-30)52-24-31-11-7-6-8-12-31)46-40(49)37(44-29(4)47)22-32-23-43-36-14-10-9-13-35(32)36/h6-20,23,26,37-38,43H,5,21-22,24-25H2,1-4H3,(H,44,47)(H,46,49)/b27-20+,28-19-/t37-,38-/m0/s1. The molecule has 2 aromatic heterocycles. The summed E-state index contributed by atoms with van der Waals surface area (Å²) in [6, 6.07) is 24.1. The zero-order valence-electron chi connectivity index (χ0n) is 30.7. The van der Waals surface area contributed by atoms with Crippen LogP contribution in [0.25, 0.3) is 17.0 Å². The van der Waals surface area contributed by atoms with Gasteiger partial charge in [0.2, 0.25) is 11.8 Å². The second kappa shape index (κ2) is 19.2. The molecule has 0 aliphatic carbocycles. The molecule has 0 aliphatic rings. The fourth-order valence-corrected chi connectivity index (χ4v) is 6.62. The minimum absolute atomic E-state index is 0.199. The van der Waals surface area contributed by atoms with Crippen molar-refractivity contribution in [3.8, 4) is 5.75 Å². The van der Waals surface area contributed by atoms with E-state index in [1.54, 1.807) is 19.9 Å². The Hall–Kier alpha value is -6.01. The van der Waals surface area contributed by atoms with Gasteiger partial charge in [-0.15, -0.1) is 11.3 Å². The minimum Gasteiger partial charge on any atom is -0.489 e. The van der Waals surface area contributed by atoms with Crippen LogP contribution in [0.2, 0.25) is 0 Å². The Bertz CT molecular complexity index is 2120. The molecule has 2 amide bonds. The van der Waals surface area contributed by atoms with Crippen LogP contribution in [0.5, 0.6) is 5.75 Å². The molecule has 0 aliphatic heterocycles. The van der Waals surface area contributed by atoms with E-state index in [1.807, 2.05) is 103 Å². The van der Waals surface area contributed by atoms with Crippen molar-refractivity contribution >= 4 is 52.1 Å². The first kappa shape index (κ1) is 39.2. The lowest BCUT2D eigenvalue weighted by molar-refractivity contribution is -0.156. The van der Waals surface area contributed by atoms with Gasteiger partial charge in [0.15, 0.2) is 6.61 Å². The number of benzene rings is 3. The summed E-state index contributed by atoms with van der Waals surface area (Å²) < 4.78 is 15.8. The molecule has 3 aromatic carbocycles. The van der Waals surface area contributed by atoms with Gasteiger partial charge < -0.3 is 29.8 Å². The number of thiazole rings is 1. The molecule has 0 radical (unpaired) electrons. The number of carbonyl (C=O) groups is 4. The summed E-state index contributed by atoms with van der Waals surface area (Å²) in [7, 11) is 0. The largest absolute Gasteiger partial charge is 0.489 e. The van der Waals surface area contributed by atoms with Crippen molar-refractivity contribution in [2.45, 2.75) is 59.2 Å². The van der Waals surface area contributed by atoms with E-state index in [4.69, 9.17) is 19.2 Å². The molecule has 54 heavy (non-hydrogen) atoms. The number of nitrogens with one attached hydrogen (secondary N) is 3. The molecule has 0 fully saturated rings. The Labute approximate surface area is 318 Å². The van der Waals surface area contributed by atoms with Crippen molar-refractivity contribution in [2.24, 2.45) is 0 Å². The summed E-state index contributed by atoms with van der Waals surface area (Å²) in [6.45, 7) is 6.67. The number of amides is 2. The van der Waals surface area contributed by atoms with Gasteiger partial charge in [-0.1, -0.05) is 60.7 Å². The molecule has 11 nitrogen and oxygen atoms in total. The number of fused-ring (bicyclic) bond motifs is 1. The van der Waals surface area contributed by atoms with E-state index < -0.39 is 30.6 Å². The van der Waals surface area contributed by atoms with Crippen LogP contribution in [0.4, 0.5) is 0 Å². The van der Waals surface area contributed by atoms with Crippen molar-refractivity contribution in [1.82, 2.24) is 20.6 Å². The second-order valence-corrected chi connectivity index (χ2v) is 13.6. The quantitative estimate of drug-likeness (QED) is 0.0534. The van der Waals surface area contributed by atoms with Gasteiger partial charge in [-0.3, -0.25) is 9.59 Å². The van der Waals surface area contributed by atoms with Gasteiger partial charge >= 0.3 is 11.9 Å². The van der Waals surface area contributed by atoms with Gasteiger partial charge in [0.1, 0.15) is 23.4 Å². The summed E-state index contributed by atoms with van der Waals surface area (Å²) in [4.78, 5) is 58.4. The van der Waals surface area contributed by atoms with Gasteiger partial charge in [0, 0.05) is 41.4 Å². The molecule has 0 bridgehead atoms. The lowest BCUT2D eigenvalue weighted by Crippen LogP contribution is -2.48. The maximum atomic E-state index is 14.0. The highest BCUT2D eigenvalue weighted by atomic mass is 32.1. The third-order valence-corrected chi connectivity index (χ3v) is 9.30.